The van der Waals surface area contributed by atoms with Gasteiger partial charge < -0.3 is 10.2 Å². The Hall–Kier alpha value is -2.54. The lowest BCUT2D eigenvalue weighted by Crippen LogP contribution is -2.36. The van der Waals surface area contributed by atoms with Crippen LogP contribution < -0.4 is 5.32 Å². The molecule has 138 valence electrons. The van der Waals surface area contributed by atoms with Crippen molar-refractivity contribution in [3.05, 3.63) is 64.7 Å². The molecule has 0 aliphatic rings. The average molecular weight is 385 g/mol. The zero-order valence-electron chi connectivity index (χ0n) is 13.8. The molecule has 0 heterocycles. The molecule has 26 heavy (non-hydrogen) atoms. The molecule has 0 radical (unpaired) electrons. The highest BCUT2D eigenvalue weighted by molar-refractivity contribution is 6.31. The topological polar surface area (TPSA) is 49.4 Å². The van der Waals surface area contributed by atoms with Gasteiger partial charge in [0.25, 0.3) is 0 Å². The first-order chi connectivity index (χ1) is 12.2. The van der Waals surface area contributed by atoms with Crippen molar-refractivity contribution in [2.24, 2.45) is 0 Å². The number of amides is 2. The van der Waals surface area contributed by atoms with Crippen LogP contribution in [0.1, 0.15) is 18.1 Å². The molecule has 4 nitrogen and oxygen atoms in total. The smallest absolute Gasteiger partial charge is 0.329 e. The van der Waals surface area contributed by atoms with E-state index in [0.29, 0.717) is 10.6 Å². The zero-order chi connectivity index (χ0) is 19.3. The summed E-state index contributed by atoms with van der Waals surface area (Å²) in [4.78, 5) is 25.2. The van der Waals surface area contributed by atoms with Crippen molar-refractivity contribution in [2.75, 3.05) is 11.9 Å². The van der Waals surface area contributed by atoms with Crippen LogP contribution >= 0.6 is 11.6 Å². The maximum atomic E-state index is 12.7. The second kappa shape index (κ2) is 8.23. The van der Waals surface area contributed by atoms with Crippen molar-refractivity contribution in [1.82, 2.24) is 4.90 Å². The van der Waals surface area contributed by atoms with E-state index in [1.807, 2.05) is 0 Å². The van der Waals surface area contributed by atoms with E-state index in [-0.39, 0.29) is 24.7 Å². The molecule has 0 atom stereocenters. The lowest BCUT2D eigenvalue weighted by atomic mass is 10.2. The van der Waals surface area contributed by atoms with Gasteiger partial charge in [0, 0.05) is 24.2 Å². The summed E-state index contributed by atoms with van der Waals surface area (Å²) in [6, 6.07) is 11.2. The number of nitrogens with zero attached hydrogens (tertiary/aromatic N) is 1. The van der Waals surface area contributed by atoms with Crippen LogP contribution in [-0.4, -0.2) is 23.3 Å². The summed E-state index contributed by atoms with van der Waals surface area (Å²) in [7, 11) is 0. The standard InChI is InChI=1S/C18H16ClF3N2O2/c1-12(25)24(10-13-5-2-3-8-16(13)19)11-17(26)23-15-7-4-6-14(9-15)18(20,21)22/h2-9H,10-11H2,1H3,(H,23,26). The monoisotopic (exact) mass is 384 g/mol. The molecule has 0 fully saturated rings. The van der Waals surface area contributed by atoms with Crippen molar-refractivity contribution in [3.8, 4) is 0 Å². The van der Waals surface area contributed by atoms with Crippen LogP contribution in [0.2, 0.25) is 5.02 Å². The zero-order valence-corrected chi connectivity index (χ0v) is 14.6. The number of rotatable bonds is 5. The first-order valence-electron chi connectivity index (χ1n) is 7.63. The van der Waals surface area contributed by atoms with Crippen LogP contribution in [-0.2, 0) is 22.3 Å². The van der Waals surface area contributed by atoms with Gasteiger partial charge in [0.1, 0.15) is 6.54 Å². The van der Waals surface area contributed by atoms with Gasteiger partial charge >= 0.3 is 6.18 Å². The van der Waals surface area contributed by atoms with E-state index in [0.717, 1.165) is 12.1 Å². The summed E-state index contributed by atoms with van der Waals surface area (Å²) >= 11 is 6.05. The second-order valence-electron chi connectivity index (χ2n) is 5.59. The van der Waals surface area contributed by atoms with Gasteiger partial charge in [-0.2, -0.15) is 13.2 Å². The third kappa shape index (κ3) is 5.49. The summed E-state index contributed by atoms with van der Waals surface area (Å²) < 4.78 is 38.2. The van der Waals surface area contributed by atoms with E-state index in [9.17, 15) is 22.8 Å². The Balaban J connectivity index is 2.07. The van der Waals surface area contributed by atoms with Gasteiger partial charge in [-0.3, -0.25) is 9.59 Å². The van der Waals surface area contributed by atoms with E-state index in [2.05, 4.69) is 5.32 Å². The van der Waals surface area contributed by atoms with Gasteiger partial charge in [-0.15, -0.1) is 0 Å². The summed E-state index contributed by atoms with van der Waals surface area (Å²) in [5.74, 6) is -0.962. The number of anilines is 1. The van der Waals surface area contributed by atoms with E-state index < -0.39 is 17.6 Å². The molecule has 0 saturated carbocycles. The Morgan fingerprint density at radius 3 is 2.42 bits per heavy atom. The van der Waals surface area contributed by atoms with Crippen LogP contribution in [0.5, 0.6) is 0 Å². The fourth-order valence-corrected chi connectivity index (χ4v) is 2.45. The van der Waals surface area contributed by atoms with Crippen LogP contribution in [0.15, 0.2) is 48.5 Å². The summed E-state index contributed by atoms with van der Waals surface area (Å²) in [5, 5.41) is 2.83. The Kier molecular flexibility index (Phi) is 6.26. The lowest BCUT2D eigenvalue weighted by Gasteiger charge is -2.21. The van der Waals surface area contributed by atoms with Gasteiger partial charge in [-0.1, -0.05) is 35.9 Å². The van der Waals surface area contributed by atoms with Crippen molar-refractivity contribution >= 4 is 29.1 Å². The van der Waals surface area contributed by atoms with Gasteiger partial charge in [-0.05, 0) is 29.8 Å². The molecule has 0 aromatic heterocycles. The minimum absolute atomic E-state index is 0.00562. The predicted molar refractivity (Wildman–Crippen MR) is 92.6 cm³/mol. The van der Waals surface area contributed by atoms with Crippen molar-refractivity contribution in [3.63, 3.8) is 0 Å². The average Bonchev–Trinajstić information content (AvgIpc) is 2.55. The fraction of sp³-hybridized carbons (Fsp3) is 0.222. The number of carbonyl (C=O) groups excluding carboxylic acids is 2. The summed E-state index contributed by atoms with van der Waals surface area (Å²) in [5.41, 5.74) is -0.197. The summed E-state index contributed by atoms with van der Waals surface area (Å²) in [6.45, 7) is 1.11. The SMILES string of the molecule is CC(=O)N(CC(=O)Nc1cccc(C(F)(F)F)c1)Cc1ccccc1Cl. The van der Waals surface area contributed by atoms with Crippen molar-refractivity contribution < 1.29 is 22.8 Å². The predicted octanol–water partition coefficient (Wildman–Crippen LogP) is 4.35. The Labute approximate surface area is 153 Å². The molecule has 1 N–H and O–H groups in total. The van der Waals surface area contributed by atoms with E-state index in [1.54, 1.807) is 24.3 Å². The summed E-state index contributed by atoms with van der Waals surface area (Å²) in [6.07, 6.45) is -4.50. The Bertz CT molecular complexity index is 809. The fourth-order valence-electron chi connectivity index (χ4n) is 2.26. The van der Waals surface area contributed by atoms with Crippen LogP contribution in [0.25, 0.3) is 0 Å². The van der Waals surface area contributed by atoms with Gasteiger partial charge in [0.15, 0.2) is 0 Å². The first-order valence-corrected chi connectivity index (χ1v) is 8.00. The molecule has 2 rings (SSSR count). The van der Waals surface area contributed by atoms with Crippen molar-refractivity contribution in [1.29, 1.82) is 0 Å². The van der Waals surface area contributed by atoms with Crippen molar-refractivity contribution in [2.45, 2.75) is 19.6 Å². The second-order valence-corrected chi connectivity index (χ2v) is 6.00. The molecule has 8 heteroatoms. The molecular weight excluding hydrogens is 369 g/mol. The Morgan fingerprint density at radius 1 is 1.12 bits per heavy atom. The number of benzene rings is 2. The molecule has 2 aromatic rings. The van der Waals surface area contributed by atoms with E-state index in [1.165, 1.54) is 24.0 Å². The minimum atomic E-state index is -4.50. The minimum Gasteiger partial charge on any atom is -0.329 e. The van der Waals surface area contributed by atoms with Crippen LogP contribution in [0.3, 0.4) is 0 Å². The molecule has 0 spiro atoms. The van der Waals surface area contributed by atoms with Crippen LogP contribution in [0.4, 0.5) is 18.9 Å². The molecule has 0 saturated heterocycles. The highest BCUT2D eigenvalue weighted by atomic mass is 35.5. The van der Waals surface area contributed by atoms with Gasteiger partial charge in [-0.25, -0.2) is 0 Å². The number of halogens is 4. The highest BCUT2D eigenvalue weighted by Crippen LogP contribution is 2.30. The molecular formula is C18H16ClF3N2O2. The normalized spacial score (nSPS) is 11.1. The van der Waals surface area contributed by atoms with Crippen LogP contribution in [0, 0.1) is 0 Å². The lowest BCUT2D eigenvalue weighted by molar-refractivity contribution is -0.137. The molecule has 0 aliphatic carbocycles. The largest absolute Gasteiger partial charge is 0.416 e. The molecule has 0 aliphatic heterocycles. The van der Waals surface area contributed by atoms with Gasteiger partial charge in [0.05, 0.1) is 5.56 Å². The Morgan fingerprint density at radius 2 is 1.81 bits per heavy atom. The number of nitrogens with one attached hydrogen (secondary N) is 1. The molecule has 0 unspecified atom stereocenters. The first kappa shape index (κ1) is 19.8. The number of hydrogen-bond donors (Lipinski definition) is 1. The van der Waals surface area contributed by atoms with E-state index in [4.69, 9.17) is 11.6 Å². The third-order valence-corrected chi connectivity index (χ3v) is 3.94. The molecule has 0 bridgehead atoms. The maximum absolute atomic E-state index is 12.7. The van der Waals surface area contributed by atoms with Gasteiger partial charge in [0.2, 0.25) is 11.8 Å². The third-order valence-electron chi connectivity index (χ3n) is 3.57. The number of carbonyl (C=O) groups is 2. The molecule has 2 aromatic carbocycles. The maximum Gasteiger partial charge on any atom is 0.416 e. The molecule has 2 amide bonds. The quantitative estimate of drug-likeness (QED) is 0.833. The highest BCUT2D eigenvalue weighted by Gasteiger charge is 2.30. The number of hydrogen-bond acceptors (Lipinski definition) is 2. The number of alkyl halides is 3. The van der Waals surface area contributed by atoms with E-state index >= 15 is 0 Å².